The van der Waals surface area contributed by atoms with Gasteiger partial charge in [0.25, 0.3) is 5.56 Å². The lowest BCUT2D eigenvalue weighted by Crippen LogP contribution is -2.40. The second kappa shape index (κ2) is 15.7. The van der Waals surface area contributed by atoms with Crippen LogP contribution in [0.3, 0.4) is 0 Å². The van der Waals surface area contributed by atoms with Gasteiger partial charge in [-0.25, -0.2) is 8.78 Å². The Bertz CT molecular complexity index is 1550. The number of nitrogens with one attached hydrogen (secondary N) is 1. The minimum atomic E-state index is -1.26. The highest BCUT2D eigenvalue weighted by Crippen LogP contribution is 2.36. The molecule has 1 aromatic heterocycles. The smallest absolute Gasteiger partial charge is 0.305 e. The number of aliphatic carboxylic acids is 1. The molecule has 2 N–H and O–H groups in total. The summed E-state index contributed by atoms with van der Waals surface area (Å²) in [6.45, 7) is 9.63. The lowest BCUT2D eigenvalue weighted by molar-refractivity contribution is -0.138. The predicted octanol–water partition coefficient (Wildman–Crippen LogP) is 6.51. The van der Waals surface area contributed by atoms with Crippen LogP contribution in [0.15, 0.2) is 41.3 Å². The van der Waals surface area contributed by atoms with Crippen LogP contribution in [0, 0.1) is 38.3 Å². The summed E-state index contributed by atoms with van der Waals surface area (Å²) in [5, 5.41) is 12.6. The Balaban J connectivity index is 0.00000675. The molecule has 0 aliphatic rings. The number of amides is 1. The molecule has 0 saturated carbocycles. The van der Waals surface area contributed by atoms with Crippen molar-refractivity contribution in [2.75, 3.05) is 20.6 Å². The van der Waals surface area contributed by atoms with Gasteiger partial charge in [0.05, 0.1) is 17.5 Å². The molecular formula is C33H42ClF2N3O4S. The number of benzene rings is 2. The van der Waals surface area contributed by atoms with Crippen molar-refractivity contribution in [3.63, 3.8) is 0 Å². The van der Waals surface area contributed by atoms with Gasteiger partial charge in [0.2, 0.25) is 5.91 Å². The van der Waals surface area contributed by atoms with Crippen molar-refractivity contribution in [2.45, 2.75) is 66.0 Å². The number of nitrogens with zero attached hydrogens (tertiary/aromatic N) is 2. The highest BCUT2D eigenvalue weighted by atomic mass is 35.5. The molecule has 240 valence electrons. The van der Waals surface area contributed by atoms with Crippen molar-refractivity contribution in [1.82, 2.24) is 14.8 Å². The Hall–Kier alpha value is -3.21. The Kier molecular flexibility index (Phi) is 13.2. The van der Waals surface area contributed by atoms with Gasteiger partial charge in [-0.15, -0.1) is 0 Å². The molecule has 11 heteroatoms. The summed E-state index contributed by atoms with van der Waals surface area (Å²) in [5.41, 5.74) is 2.99. The second-order valence-corrected chi connectivity index (χ2v) is 12.3. The van der Waals surface area contributed by atoms with E-state index in [0.717, 1.165) is 23.7 Å². The number of pyridine rings is 1. The van der Waals surface area contributed by atoms with Crippen molar-refractivity contribution in [2.24, 2.45) is 5.92 Å². The van der Waals surface area contributed by atoms with Crippen LogP contribution in [0.25, 0.3) is 11.1 Å². The van der Waals surface area contributed by atoms with Crippen molar-refractivity contribution in [3.8, 4) is 11.1 Å². The minimum absolute atomic E-state index is 0. The number of halogens is 3. The summed E-state index contributed by atoms with van der Waals surface area (Å²) < 4.78 is 31.0. The van der Waals surface area contributed by atoms with E-state index in [9.17, 15) is 23.9 Å². The molecule has 7 nitrogen and oxygen atoms in total. The molecular weight excluding hydrogens is 608 g/mol. The van der Waals surface area contributed by atoms with E-state index in [0.29, 0.717) is 29.5 Å². The van der Waals surface area contributed by atoms with Crippen molar-refractivity contribution in [3.05, 3.63) is 91.4 Å². The number of carboxylic acid groups (broad SMARTS) is 1. The summed E-state index contributed by atoms with van der Waals surface area (Å²) >= 11 is 6.37. The largest absolute Gasteiger partial charge is 0.481 e. The van der Waals surface area contributed by atoms with E-state index in [-0.39, 0.29) is 41.1 Å². The van der Waals surface area contributed by atoms with Gasteiger partial charge < -0.3 is 19.9 Å². The zero-order valence-corrected chi connectivity index (χ0v) is 28.0. The lowest BCUT2D eigenvalue weighted by atomic mass is 9.92. The topological polar surface area (TPSA) is 91.6 Å². The first-order valence-corrected chi connectivity index (χ1v) is 14.6. The molecule has 0 bridgehead atoms. The zero-order valence-electron chi connectivity index (χ0n) is 26.2. The number of carbonyl (C=O) groups is 2. The summed E-state index contributed by atoms with van der Waals surface area (Å²) in [6.07, 6.45) is 2.06. The third kappa shape index (κ3) is 9.15. The molecule has 2 atom stereocenters. The van der Waals surface area contributed by atoms with Crippen molar-refractivity contribution in [1.29, 1.82) is 0 Å². The molecule has 3 aromatic rings. The Morgan fingerprint density at radius 1 is 1.02 bits per heavy atom. The molecule has 44 heavy (non-hydrogen) atoms. The molecule has 1 heterocycles. The SMILES string of the molecule is Cc1cc(=O)n(C(CC(C)C)C(=O)N[C@@H](CC(=O)O)c2cc(-c3c(C)cc(F)cc3Cl)cc(C)c2F)cc1CCN(C)C.S. The quantitative estimate of drug-likeness (QED) is 0.234. The third-order valence-electron chi connectivity index (χ3n) is 7.45. The molecule has 0 aliphatic carbocycles. The van der Waals surface area contributed by atoms with Gasteiger partial charge in [-0.2, -0.15) is 13.5 Å². The van der Waals surface area contributed by atoms with Gasteiger partial charge in [0.1, 0.15) is 17.7 Å². The average molecular weight is 650 g/mol. The molecule has 3 rings (SSSR count). The number of carboxylic acids is 1. The van der Waals surface area contributed by atoms with E-state index >= 15 is 4.39 Å². The van der Waals surface area contributed by atoms with Crippen LogP contribution in [0.2, 0.25) is 5.02 Å². The van der Waals surface area contributed by atoms with Crippen LogP contribution in [-0.2, 0) is 16.0 Å². The number of rotatable bonds is 12. The molecule has 1 amide bonds. The van der Waals surface area contributed by atoms with Gasteiger partial charge in [-0.05, 0) is 106 Å². The van der Waals surface area contributed by atoms with Crippen LogP contribution in [0.1, 0.15) is 66.6 Å². The van der Waals surface area contributed by atoms with Gasteiger partial charge in [-0.1, -0.05) is 25.4 Å². The first-order valence-electron chi connectivity index (χ1n) is 14.2. The van der Waals surface area contributed by atoms with Gasteiger partial charge in [0, 0.05) is 29.9 Å². The molecule has 1 unspecified atom stereocenters. The monoisotopic (exact) mass is 649 g/mol. The standard InChI is InChI=1S/C33H40ClF2N3O4.H2S/c1-18(2)10-28(39-17-22(8-9-38(6)7)19(3)13-29(39)40)33(43)37-27(16-30(41)42)25-14-23(11-21(5)32(25)36)31-20(4)12-24(35)15-26(31)34;/h11-15,17-18,27-28H,8-10,16H2,1-7H3,(H,37,43)(H,41,42);1H2/t27-,28?;/m0./s1. The van der Waals surface area contributed by atoms with E-state index in [4.69, 9.17) is 11.6 Å². The molecule has 0 radical (unpaired) electrons. The summed E-state index contributed by atoms with van der Waals surface area (Å²) in [4.78, 5) is 41.0. The Labute approximate surface area is 269 Å². The normalized spacial score (nSPS) is 12.6. The van der Waals surface area contributed by atoms with Crippen LogP contribution < -0.4 is 10.9 Å². The Morgan fingerprint density at radius 3 is 2.25 bits per heavy atom. The number of hydrogen-bond acceptors (Lipinski definition) is 4. The minimum Gasteiger partial charge on any atom is -0.481 e. The number of aryl methyl sites for hydroxylation is 3. The molecule has 0 saturated heterocycles. The van der Waals surface area contributed by atoms with Crippen LogP contribution in [0.5, 0.6) is 0 Å². The fraction of sp³-hybridized carbons (Fsp3) is 0.424. The zero-order chi connectivity index (χ0) is 32.2. The third-order valence-corrected chi connectivity index (χ3v) is 7.75. The maximum absolute atomic E-state index is 15.7. The summed E-state index contributed by atoms with van der Waals surface area (Å²) in [5.74, 6) is -3.03. The number of likely N-dealkylation sites (N-methyl/N-ethyl adjacent to an activating group) is 1. The van der Waals surface area contributed by atoms with Gasteiger partial charge in [-0.3, -0.25) is 14.4 Å². The van der Waals surface area contributed by atoms with Crippen LogP contribution in [-0.4, -0.2) is 47.1 Å². The maximum Gasteiger partial charge on any atom is 0.305 e. The van der Waals surface area contributed by atoms with Crippen LogP contribution in [0.4, 0.5) is 8.78 Å². The fourth-order valence-corrected chi connectivity index (χ4v) is 5.63. The highest BCUT2D eigenvalue weighted by Gasteiger charge is 2.29. The maximum atomic E-state index is 15.7. The summed E-state index contributed by atoms with van der Waals surface area (Å²) in [7, 11) is 3.90. The second-order valence-electron chi connectivity index (χ2n) is 11.9. The molecule has 2 aromatic carbocycles. The first kappa shape index (κ1) is 37.0. The number of carbonyl (C=O) groups excluding carboxylic acids is 1. The highest BCUT2D eigenvalue weighted by molar-refractivity contribution is 7.59. The average Bonchev–Trinajstić information content (AvgIpc) is 2.87. The fourth-order valence-electron chi connectivity index (χ4n) is 5.27. The van der Waals surface area contributed by atoms with Crippen molar-refractivity contribution < 1.29 is 23.5 Å². The van der Waals surface area contributed by atoms with E-state index in [1.165, 1.54) is 29.7 Å². The Morgan fingerprint density at radius 2 is 1.68 bits per heavy atom. The van der Waals surface area contributed by atoms with E-state index in [1.54, 1.807) is 19.2 Å². The van der Waals surface area contributed by atoms with E-state index < -0.39 is 42.0 Å². The van der Waals surface area contributed by atoms with E-state index in [1.807, 2.05) is 39.8 Å². The number of aromatic nitrogens is 1. The van der Waals surface area contributed by atoms with Crippen molar-refractivity contribution >= 4 is 37.0 Å². The molecule has 0 aliphatic heterocycles. The molecule has 0 fully saturated rings. The number of hydrogen-bond donors (Lipinski definition) is 2. The first-order chi connectivity index (χ1) is 20.1. The van der Waals surface area contributed by atoms with Gasteiger partial charge >= 0.3 is 5.97 Å². The molecule has 0 spiro atoms. The summed E-state index contributed by atoms with van der Waals surface area (Å²) in [6, 6.07) is 4.74. The van der Waals surface area contributed by atoms with Crippen LogP contribution >= 0.6 is 25.1 Å². The predicted molar refractivity (Wildman–Crippen MR) is 176 cm³/mol. The van der Waals surface area contributed by atoms with Gasteiger partial charge in [0.15, 0.2) is 0 Å². The lowest BCUT2D eigenvalue weighted by Gasteiger charge is -2.26. The van der Waals surface area contributed by atoms with E-state index in [2.05, 4.69) is 5.32 Å².